The van der Waals surface area contributed by atoms with Gasteiger partial charge in [-0.25, -0.2) is 9.18 Å². The van der Waals surface area contributed by atoms with Gasteiger partial charge in [-0.05, 0) is 31.2 Å². The smallest absolute Gasteiger partial charge is 0.337 e. The standard InChI is InChI=1S/C14H15FN2O3/c1-2-17(8-9-4-3-5-20-9)13-6-10(14(18)19)12(16)7-11(13)15/h3-7H,2,8,16H2,1H3,(H,18,19). The second-order valence-electron chi connectivity index (χ2n) is 4.29. The predicted molar refractivity (Wildman–Crippen MR) is 73.2 cm³/mol. The molecule has 0 unspecified atom stereocenters. The summed E-state index contributed by atoms with van der Waals surface area (Å²) in [5.41, 5.74) is 5.50. The largest absolute Gasteiger partial charge is 0.478 e. The van der Waals surface area contributed by atoms with Crippen LogP contribution in [0.3, 0.4) is 0 Å². The summed E-state index contributed by atoms with van der Waals surface area (Å²) in [6.07, 6.45) is 1.53. The molecule has 0 saturated carbocycles. The van der Waals surface area contributed by atoms with Crippen LogP contribution in [-0.4, -0.2) is 17.6 Å². The van der Waals surface area contributed by atoms with Crippen molar-refractivity contribution >= 4 is 17.3 Å². The van der Waals surface area contributed by atoms with Crippen LogP contribution in [0.5, 0.6) is 0 Å². The summed E-state index contributed by atoms with van der Waals surface area (Å²) in [7, 11) is 0. The van der Waals surface area contributed by atoms with E-state index < -0.39 is 11.8 Å². The third-order valence-corrected chi connectivity index (χ3v) is 3.00. The summed E-state index contributed by atoms with van der Waals surface area (Å²) >= 11 is 0. The van der Waals surface area contributed by atoms with Crippen molar-refractivity contribution in [3.63, 3.8) is 0 Å². The van der Waals surface area contributed by atoms with Crippen LogP contribution < -0.4 is 10.6 Å². The number of benzene rings is 1. The Hall–Kier alpha value is -2.50. The highest BCUT2D eigenvalue weighted by Gasteiger charge is 2.17. The lowest BCUT2D eigenvalue weighted by Gasteiger charge is -2.23. The van der Waals surface area contributed by atoms with Crippen molar-refractivity contribution in [2.45, 2.75) is 13.5 Å². The molecule has 1 heterocycles. The molecule has 5 nitrogen and oxygen atoms in total. The van der Waals surface area contributed by atoms with E-state index >= 15 is 0 Å². The Morgan fingerprint density at radius 3 is 2.80 bits per heavy atom. The van der Waals surface area contributed by atoms with E-state index in [9.17, 15) is 9.18 Å². The average Bonchev–Trinajstić information content (AvgIpc) is 2.89. The molecule has 2 aromatic rings. The number of carbonyl (C=O) groups is 1. The van der Waals surface area contributed by atoms with Gasteiger partial charge >= 0.3 is 5.97 Å². The van der Waals surface area contributed by atoms with Gasteiger partial charge in [0.2, 0.25) is 0 Å². The number of nitrogens with zero attached hydrogens (tertiary/aromatic N) is 1. The molecule has 1 aromatic carbocycles. The molecule has 2 rings (SSSR count). The fraction of sp³-hybridized carbons (Fsp3) is 0.214. The number of halogens is 1. The predicted octanol–water partition coefficient (Wildman–Crippen LogP) is 2.73. The van der Waals surface area contributed by atoms with E-state index in [2.05, 4.69) is 0 Å². The minimum atomic E-state index is -1.18. The molecule has 6 heteroatoms. The minimum Gasteiger partial charge on any atom is -0.478 e. The summed E-state index contributed by atoms with van der Waals surface area (Å²) in [5.74, 6) is -1.07. The quantitative estimate of drug-likeness (QED) is 0.822. The molecule has 0 spiro atoms. The highest BCUT2D eigenvalue weighted by molar-refractivity contribution is 5.95. The molecule has 0 aliphatic rings. The fourth-order valence-corrected chi connectivity index (χ4v) is 1.96. The number of rotatable bonds is 5. The first kappa shape index (κ1) is 13.9. The van der Waals surface area contributed by atoms with Gasteiger partial charge in [-0.15, -0.1) is 0 Å². The lowest BCUT2D eigenvalue weighted by molar-refractivity contribution is 0.0698. The average molecular weight is 278 g/mol. The fourth-order valence-electron chi connectivity index (χ4n) is 1.96. The number of hydrogen-bond donors (Lipinski definition) is 2. The first-order valence-corrected chi connectivity index (χ1v) is 6.12. The second-order valence-corrected chi connectivity index (χ2v) is 4.29. The normalized spacial score (nSPS) is 10.5. The Morgan fingerprint density at radius 2 is 2.25 bits per heavy atom. The summed E-state index contributed by atoms with van der Waals surface area (Å²) in [6.45, 7) is 2.70. The van der Waals surface area contributed by atoms with E-state index in [0.29, 0.717) is 18.8 Å². The van der Waals surface area contributed by atoms with E-state index in [1.807, 2.05) is 6.92 Å². The molecular formula is C14H15FN2O3. The zero-order valence-electron chi connectivity index (χ0n) is 11.0. The van der Waals surface area contributed by atoms with Crippen molar-refractivity contribution in [3.8, 4) is 0 Å². The van der Waals surface area contributed by atoms with Crippen molar-refractivity contribution in [3.05, 3.63) is 47.7 Å². The Bertz CT molecular complexity index is 611. The molecule has 0 aliphatic carbocycles. The van der Waals surface area contributed by atoms with Crippen LogP contribution in [0.2, 0.25) is 0 Å². The van der Waals surface area contributed by atoms with Gasteiger partial charge in [0.05, 0.1) is 24.1 Å². The van der Waals surface area contributed by atoms with Crippen molar-refractivity contribution in [2.24, 2.45) is 0 Å². The Kier molecular flexibility index (Phi) is 3.93. The van der Waals surface area contributed by atoms with Crippen LogP contribution in [0, 0.1) is 5.82 Å². The zero-order valence-corrected chi connectivity index (χ0v) is 11.0. The number of nitrogen functional groups attached to an aromatic ring is 1. The summed E-state index contributed by atoms with van der Waals surface area (Å²) in [6, 6.07) is 5.80. The maximum Gasteiger partial charge on any atom is 0.337 e. The topological polar surface area (TPSA) is 79.7 Å². The summed E-state index contributed by atoms with van der Waals surface area (Å²) in [5, 5.41) is 9.05. The summed E-state index contributed by atoms with van der Waals surface area (Å²) < 4.78 is 19.2. The Labute approximate surface area is 115 Å². The van der Waals surface area contributed by atoms with E-state index in [1.54, 1.807) is 17.0 Å². The lowest BCUT2D eigenvalue weighted by atomic mass is 10.1. The van der Waals surface area contributed by atoms with Crippen LogP contribution in [0.4, 0.5) is 15.8 Å². The Balaban J connectivity index is 2.38. The molecule has 0 radical (unpaired) electrons. The van der Waals surface area contributed by atoms with Crippen molar-refractivity contribution < 1.29 is 18.7 Å². The molecule has 0 bridgehead atoms. The second kappa shape index (κ2) is 5.64. The molecule has 20 heavy (non-hydrogen) atoms. The van der Waals surface area contributed by atoms with Crippen LogP contribution in [0.25, 0.3) is 0 Å². The molecule has 0 saturated heterocycles. The lowest BCUT2D eigenvalue weighted by Crippen LogP contribution is -2.23. The van der Waals surface area contributed by atoms with Gasteiger partial charge < -0.3 is 20.2 Å². The van der Waals surface area contributed by atoms with Crippen molar-refractivity contribution in [2.75, 3.05) is 17.2 Å². The van der Waals surface area contributed by atoms with Crippen LogP contribution in [0.1, 0.15) is 23.0 Å². The molecule has 3 N–H and O–H groups in total. The number of carboxylic acid groups (broad SMARTS) is 1. The monoisotopic (exact) mass is 278 g/mol. The first-order valence-electron chi connectivity index (χ1n) is 6.12. The molecule has 0 aliphatic heterocycles. The Morgan fingerprint density at radius 1 is 1.50 bits per heavy atom. The number of aromatic carboxylic acids is 1. The van der Waals surface area contributed by atoms with Gasteiger partial charge in [0.25, 0.3) is 0 Å². The number of furan rings is 1. The number of carboxylic acids is 1. The first-order chi connectivity index (χ1) is 9.52. The van der Waals surface area contributed by atoms with Crippen molar-refractivity contribution in [1.29, 1.82) is 0 Å². The number of nitrogens with two attached hydrogens (primary N) is 1. The van der Waals surface area contributed by atoms with Gasteiger partial charge in [0, 0.05) is 12.2 Å². The molecular weight excluding hydrogens is 263 g/mol. The van der Waals surface area contributed by atoms with E-state index in [4.69, 9.17) is 15.3 Å². The van der Waals surface area contributed by atoms with Crippen LogP contribution >= 0.6 is 0 Å². The SMILES string of the molecule is CCN(Cc1ccco1)c1cc(C(=O)O)c(N)cc1F. The maximum absolute atomic E-state index is 14.0. The van der Waals surface area contributed by atoms with Gasteiger partial charge in [-0.1, -0.05) is 0 Å². The molecule has 106 valence electrons. The highest BCUT2D eigenvalue weighted by Crippen LogP contribution is 2.27. The third kappa shape index (κ3) is 2.74. The van der Waals surface area contributed by atoms with Crippen molar-refractivity contribution in [1.82, 2.24) is 0 Å². The van der Waals surface area contributed by atoms with Gasteiger partial charge in [-0.3, -0.25) is 0 Å². The van der Waals surface area contributed by atoms with Gasteiger partial charge in [0.1, 0.15) is 11.6 Å². The van der Waals surface area contributed by atoms with E-state index in [1.165, 1.54) is 12.3 Å². The minimum absolute atomic E-state index is 0.0900. The van der Waals surface area contributed by atoms with Gasteiger partial charge in [-0.2, -0.15) is 0 Å². The van der Waals surface area contributed by atoms with E-state index in [0.717, 1.165) is 6.07 Å². The molecule has 1 aromatic heterocycles. The number of hydrogen-bond acceptors (Lipinski definition) is 4. The molecule has 0 amide bonds. The van der Waals surface area contributed by atoms with Crippen LogP contribution in [-0.2, 0) is 6.54 Å². The van der Waals surface area contributed by atoms with Crippen LogP contribution in [0.15, 0.2) is 34.9 Å². The summed E-state index contributed by atoms with van der Waals surface area (Å²) in [4.78, 5) is 12.8. The maximum atomic E-state index is 14.0. The zero-order chi connectivity index (χ0) is 14.7. The van der Waals surface area contributed by atoms with Gasteiger partial charge in [0.15, 0.2) is 0 Å². The number of anilines is 2. The highest BCUT2D eigenvalue weighted by atomic mass is 19.1. The van der Waals surface area contributed by atoms with E-state index in [-0.39, 0.29) is 16.9 Å². The third-order valence-electron chi connectivity index (χ3n) is 3.00. The molecule has 0 fully saturated rings. The molecule has 0 atom stereocenters.